The molecule has 0 amide bonds. The highest BCUT2D eigenvalue weighted by molar-refractivity contribution is 5.97. The summed E-state index contributed by atoms with van der Waals surface area (Å²) >= 11 is 0. The van der Waals surface area contributed by atoms with Gasteiger partial charge in [-0.05, 0) is 25.0 Å². The van der Waals surface area contributed by atoms with Gasteiger partial charge in [0.05, 0.1) is 25.3 Å². The molecule has 2 saturated heterocycles. The zero-order chi connectivity index (χ0) is 21.8. The number of halogens is 3. The van der Waals surface area contributed by atoms with E-state index in [-0.39, 0.29) is 36.8 Å². The van der Waals surface area contributed by atoms with E-state index in [4.69, 9.17) is 4.74 Å². The van der Waals surface area contributed by atoms with Crippen molar-refractivity contribution in [2.45, 2.75) is 43.8 Å². The fourth-order valence-corrected chi connectivity index (χ4v) is 4.57. The minimum absolute atomic E-state index is 0.0374. The number of nitrogens with zero attached hydrogens (tertiary/aromatic N) is 5. The van der Waals surface area contributed by atoms with Gasteiger partial charge < -0.3 is 14.5 Å². The van der Waals surface area contributed by atoms with E-state index in [1.54, 1.807) is 12.1 Å². The Bertz CT molecular complexity index is 1060. The SMILES string of the molecule is O=C(CN1c2nc(N3C[C@@H]4C[C@H]3CO4)cc(=O)n2CC[C@H]1C(F)(F)F)c1ccccn1. The monoisotopic (exact) mass is 435 g/mol. The Morgan fingerprint density at radius 1 is 1.29 bits per heavy atom. The quantitative estimate of drug-likeness (QED) is 0.676. The minimum Gasteiger partial charge on any atom is -0.374 e. The molecular formula is C20H20F3N5O3. The lowest BCUT2D eigenvalue weighted by atomic mass is 10.1. The fourth-order valence-electron chi connectivity index (χ4n) is 4.57. The van der Waals surface area contributed by atoms with Gasteiger partial charge in [-0.15, -0.1) is 0 Å². The van der Waals surface area contributed by atoms with Crippen LogP contribution in [0.2, 0.25) is 0 Å². The predicted molar refractivity (Wildman–Crippen MR) is 104 cm³/mol. The number of pyridine rings is 1. The van der Waals surface area contributed by atoms with Crippen LogP contribution in [0.15, 0.2) is 35.3 Å². The van der Waals surface area contributed by atoms with Crippen LogP contribution in [0.25, 0.3) is 0 Å². The first-order chi connectivity index (χ1) is 14.8. The zero-order valence-electron chi connectivity index (χ0n) is 16.5. The highest BCUT2D eigenvalue weighted by atomic mass is 19.4. The molecule has 2 aromatic rings. The first kappa shape index (κ1) is 20.0. The number of ether oxygens (including phenoxy) is 1. The van der Waals surface area contributed by atoms with Gasteiger partial charge in [-0.1, -0.05) is 6.07 Å². The van der Waals surface area contributed by atoms with Crippen LogP contribution in [0.1, 0.15) is 23.3 Å². The number of carbonyl (C=O) groups excluding carboxylic acids is 1. The summed E-state index contributed by atoms with van der Waals surface area (Å²) in [5.41, 5.74) is -0.368. The van der Waals surface area contributed by atoms with E-state index in [2.05, 4.69) is 9.97 Å². The van der Waals surface area contributed by atoms with E-state index in [0.717, 1.165) is 11.3 Å². The Labute approximate surface area is 175 Å². The van der Waals surface area contributed by atoms with Gasteiger partial charge in [0.1, 0.15) is 17.6 Å². The molecule has 0 aliphatic carbocycles. The molecule has 164 valence electrons. The highest BCUT2D eigenvalue weighted by Gasteiger charge is 2.48. The number of carbonyl (C=O) groups is 1. The second-order valence-corrected chi connectivity index (χ2v) is 8.01. The number of anilines is 2. The number of hydrogen-bond donors (Lipinski definition) is 0. The number of rotatable bonds is 4. The van der Waals surface area contributed by atoms with Crippen LogP contribution >= 0.6 is 0 Å². The summed E-state index contributed by atoms with van der Waals surface area (Å²) in [5.74, 6) is -0.384. The van der Waals surface area contributed by atoms with Crippen LogP contribution in [-0.2, 0) is 11.3 Å². The van der Waals surface area contributed by atoms with Gasteiger partial charge in [0.2, 0.25) is 5.95 Å². The molecule has 0 radical (unpaired) electrons. The van der Waals surface area contributed by atoms with Crippen molar-refractivity contribution < 1.29 is 22.7 Å². The molecule has 3 aliphatic heterocycles. The van der Waals surface area contributed by atoms with Gasteiger partial charge in [0, 0.05) is 25.4 Å². The number of ketones is 1. The van der Waals surface area contributed by atoms with E-state index in [0.29, 0.717) is 19.0 Å². The van der Waals surface area contributed by atoms with Crippen molar-refractivity contribution in [2.24, 2.45) is 0 Å². The average Bonchev–Trinajstić information content (AvgIpc) is 3.37. The lowest BCUT2D eigenvalue weighted by Crippen LogP contribution is -2.54. The van der Waals surface area contributed by atoms with Crippen molar-refractivity contribution in [1.29, 1.82) is 0 Å². The summed E-state index contributed by atoms with van der Waals surface area (Å²) in [6.07, 6.45) is -2.67. The number of hydrogen-bond acceptors (Lipinski definition) is 7. The maximum atomic E-state index is 13.9. The number of aromatic nitrogens is 3. The topological polar surface area (TPSA) is 80.6 Å². The molecule has 31 heavy (non-hydrogen) atoms. The molecule has 2 aromatic heterocycles. The normalized spacial score (nSPS) is 25.1. The van der Waals surface area contributed by atoms with Crippen LogP contribution in [0.5, 0.6) is 0 Å². The van der Waals surface area contributed by atoms with Crippen molar-refractivity contribution in [3.8, 4) is 0 Å². The maximum absolute atomic E-state index is 13.9. The summed E-state index contributed by atoms with van der Waals surface area (Å²) in [6, 6.07) is 4.15. The van der Waals surface area contributed by atoms with Gasteiger partial charge in [-0.25, -0.2) is 0 Å². The van der Waals surface area contributed by atoms with Crippen LogP contribution in [0, 0.1) is 0 Å². The molecular weight excluding hydrogens is 415 g/mol. The van der Waals surface area contributed by atoms with Crippen molar-refractivity contribution in [3.05, 3.63) is 46.5 Å². The highest BCUT2D eigenvalue weighted by Crippen LogP contribution is 2.36. The molecule has 0 N–H and O–H groups in total. The molecule has 0 spiro atoms. The average molecular weight is 435 g/mol. The Morgan fingerprint density at radius 3 is 2.77 bits per heavy atom. The van der Waals surface area contributed by atoms with Gasteiger partial charge >= 0.3 is 6.18 Å². The van der Waals surface area contributed by atoms with Gasteiger partial charge in [-0.2, -0.15) is 18.2 Å². The van der Waals surface area contributed by atoms with Gasteiger partial charge in [-0.3, -0.25) is 19.1 Å². The Balaban J connectivity index is 1.54. The van der Waals surface area contributed by atoms with Gasteiger partial charge in [0.15, 0.2) is 5.78 Å². The summed E-state index contributed by atoms with van der Waals surface area (Å²) in [7, 11) is 0. The summed E-state index contributed by atoms with van der Waals surface area (Å²) in [5, 5.41) is 0. The van der Waals surface area contributed by atoms with E-state index >= 15 is 0 Å². The molecule has 2 bridgehead atoms. The lowest BCUT2D eigenvalue weighted by molar-refractivity contribution is -0.152. The molecule has 2 fully saturated rings. The first-order valence-electron chi connectivity index (χ1n) is 10.1. The van der Waals surface area contributed by atoms with Crippen LogP contribution < -0.4 is 15.4 Å². The Morgan fingerprint density at radius 2 is 2.13 bits per heavy atom. The van der Waals surface area contributed by atoms with E-state index < -0.39 is 30.1 Å². The van der Waals surface area contributed by atoms with Crippen LogP contribution in [0.3, 0.4) is 0 Å². The third-order valence-electron chi connectivity index (χ3n) is 6.07. The number of Topliss-reactive ketones (excluding diaryl/α,β-unsaturated/α-hetero) is 1. The molecule has 5 rings (SSSR count). The summed E-state index contributed by atoms with van der Waals surface area (Å²) in [4.78, 5) is 36.7. The van der Waals surface area contributed by atoms with Crippen molar-refractivity contribution >= 4 is 17.5 Å². The summed E-state index contributed by atoms with van der Waals surface area (Å²) in [6.45, 7) is 0.343. The molecule has 0 aromatic carbocycles. The van der Waals surface area contributed by atoms with Crippen molar-refractivity contribution in [2.75, 3.05) is 29.5 Å². The van der Waals surface area contributed by atoms with E-state index in [1.165, 1.54) is 22.9 Å². The largest absolute Gasteiger partial charge is 0.408 e. The number of alkyl halides is 3. The molecule has 11 heteroatoms. The smallest absolute Gasteiger partial charge is 0.374 e. The van der Waals surface area contributed by atoms with Crippen LogP contribution in [0.4, 0.5) is 24.9 Å². The second-order valence-electron chi connectivity index (χ2n) is 8.01. The molecule has 0 unspecified atom stereocenters. The van der Waals surface area contributed by atoms with Crippen molar-refractivity contribution in [3.63, 3.8) is 0 Å². The molecule has 3 atom stereocenters. The lowest BCUT2D eigenvalue weighted by Gasteiger charge is -2.39. The predicted octanol–water partition coefficient (Wildman–Crippen LogP) is 1.64. The third kappa shape index (κ3) is 3.56. The fraction of sp³-hybridized carbons (Fsp3) is 0.500. The van der Waals surface area contributed by atoms with E-state index in [9.17, 15) is 22.8 Å². The standard InChI is InChI=1S/C20H20F3N5O3/c21-20(22,23)16-4-6-26-18(30)8-17(27-9-13-7-12(27)11-31-13)25-19(26)28(16)10-15(29)14-3-1-2-5-24-14/h1-3,5,8,12-13,16H,4,6-7,9-11H2/t12-,13-,16-/m0/s1. The van der Waals surface area contributed by atoms with Crippen LogP contribution in [-0.4, -0.2) is 64.4 Å². The molecule has 5 heterocycles. The summed E-state index contributed by atoms with van der Waals surface area (Å²) < 4.78 is 48.3. The second kappa shape index (κ2) is 7.33. The third-order valence-corrected chi connectivity index (χ3v) is 6.07. The Hall–Kier alpha value is -2.95. The van der Waals surface area contributed by atoms with Crippen molar-refractivity contribution in [1.82, 2.24) is 14.5 Å². The molecule has 3 aliphatic rings. The van der Waals surface area contributed by atoms with Gasteiger partial charge in [0.25, 0.3) is 5.56 Å². The molecule has 0 saturated carbocycles. The van der Waals surface area contributed by atoms with E-state index in [1.807, 2.05) is 4.90 Å². The minimum atomic E-state index is -4.58. The first-order valence-corrected chi connectivity index (χ1v) is 10.1. The molecule has 8 nitrogen and oxygen atoms in total. The number of morpholine rings is 1. The Kier molecular flexibility index (Phi) is 4.72. The zero-order valence-corrected chi connectivity index (χ0v) is 16.5. The maximum Gasteiger partial charge on any atom is 0.408 e. The number of fused-ring (bicyclic) bond motifs is 3.